The molecule has 1 aliphatic heterocycles. The van der Waals surface area contributed by atoms with Crippen LogP contribution in [0, 0.1) is 0 Å². The lowest BCUT2D eigenvalue weighted by atomic mass is 9.94. The van der Waals surface area contributed by atoms with Crippen LogP contribution >= 0.6 is 11.3 Å². The number of rotatable bonds is 5. The molecule has 1 saturated carbocycles. The van der Waals surface area contributed by atoms with E-state index in [1.807, 2.05) is 26.8 Å². The van der Waals surface area contributed by atoms with Crippen molar-refractivity contribution in [3.05, 3.63) is 22.8 Å². The Morgan fingerprint density at radius 1 is 1.15 bits per heavy atom. The number of thiazole rings is 1. The summed E-state index contributed by atoms with van der Waals surface area (Å²) >= 11 is 1.33. The van der Waals surface area contributed by atoms with Crippen LogP contribution in [-0.4, -0.2) is 56.8 Å². The van der Waals surface area contributed by atoms with Gasteiger partial charge in [0.15, 0.2) is 10.9 Å². The number of carbonyl (C=O) groups is 2. The van der Waals surface area contributed by atoms with Crippen molar-refractivity contribution in [1.82, 2.24) is 25.4 Å². The molecule has 9 nitrogen and oxygen atoms in total. The molecule has 3 heterocycles. The number of hydrogen-bond acceptors (Lipinski definition) is 7. The first-order valence-electron chi connectivity index (χ1n) is 11.8. The molecule has 3 N–H and O–H groups in total. The van der Waals surface area contributed by atoms with Gasteiger partial charge in [-0.2, -0.15) is 5.10 Å². The average Bonchev–Trinajstić information content (AvgIpc) is 3.44. The molecular weight excluding hydrogens is 440 g/mol. The number of ether oxygens (including phenoxy) is 1. The zero-order valence-electron chi connectivity index (χ0n) is 19.6. The van der Waals surface area contributed by atoms with Gasteiger partial charge < -0.3 is 20.3 Å². The Labute approximate surface area is 198 Å². The lowest BCUT2D eigenvalue weighted by Crippen LogP contribution is -2.41. The molecule has 2 amide bonds. The minimum Gasteiger partial charge on any atom is -0.444 e. The number of aromatic nitrogens is 3. The fourth-order valence-corrected chi connectivity index (χ4v) is 5.09. The van der Waals surface area contributed by atoms with Crippen molar-refractivity contribution in [3.63, 3.8) is 0 Å². The van der Waals surface area contributed by atoms with Crippen LogP contribution in [0.3, 0.4) is 0 Å². The maximum Gasteiger partial charge on any atom is 0.410 e. The maximum atomic E-state index is 12.5. The second-order valence-corrected chi connectivity index (χ2v) is 10.9. The lowest BCUT2D eigenvalue weighted by molar-refractivity contribution is 0.0204. The molecule has 2 aliphatic rings. The van der Waals surface area contributed by atoms with Crippen molar-refractivity contribution >= 4 is 34.3 Å². The van der Waals surface area contributed by atoms with Crippen LogP contribution in [0.15, 0.2) is 12.3 Å². The summed E-state index contributed by atoms with van der Waals surface area (Å²) in [6, 6.07) is 2.26. The minimum absolute atomic E-state index is 0.0492. The Kier molecular flexibility index (Phi) is 7.21. The maximum absolute atomic E-state index is 12.5. The third-order valence-electron chi connectivity index (χ3n) is 6.09. The van der Waals surface area contributed by atoms with Crippen LogP contribution in [0.5, 0.6) is 0 Å². The zero-order chi connectivity index (χ0) is 23.4. The SMILES string of the molecule is CC(C)(C)OC(=O)N1CCC(c2cc(Nc3ncc(C(=O)NC4CCCCC4)s3)n[nH]2)CC1. The summed E-state index contributed by atoms with van der Waals surface area (Å²) in [5.41, 5.74) is 0.553. The number of piperidine rings is 1. The first kappa shape index (κ1) is 23.5. The van der Waals surface area contributed by atoms with Gasteiger partial charge in [0.1, 0.15) is 10.5 Å². The molecule has 180 valence electrons. The van der Waals surface area contributed by atoms with Gasteiger partial charge in [0, 0.05) is 36.8 Å². The number of nitrogens with one attached hydrogen (secondary N) is 3. The van der Waals surface area contributed by atoms with Crippen molar-refractivity contribution in [2.45, 2.75) is 83.3 Å². The Balaban J connectivity index is 1.27. The van der Waals surface area contributed by atoms with E-state index in [2.05, 4.69) is 25.8 Å². The Bertz CT molecular complexity index is 952. The van der Waals surface area contributed by atoms with Gasteiger partial charge in [0.2, 0.25) is 0 Å². The van der Waals surface area contributed by atoms with Crippen LogP contribution in [0.1, 0.15) is 87.0 Å². The monoisotopic (exact) mass is 474 g/mol. The number of anilines is 2. The van der Waals surface area contributed by atoms with Gasteiger partial charge in [-0.25, -0.2) is 9.78 Å². The summed E-state index contributed by atoms with van der Waals surface area (Å²) in [6.07, 6.45) is 8.81. The quantitative estimate of drug-likeness (QED) is 0.575. The van der Waals surface area contributed by atoms with Gasteiger partial charge in [0.25, 0.3) is 5.91 Å². The van der Waals surface area contributed by atoms with Gasteiger partial charge in [0.05, 0.1) is 6.20 Å². The van der Waals surface area contributed by atoms with Crippen molar-refractivity contribution in [2.24, 2.45) is 0 Å². The molecule has 0 aromatic carbocycles. The summed E-state index contributed by atoms with van der Waals surface area (Å²) in [4.78, 5) is 31.5. The third kappa shape index (κ3) is 6.46. The van der Waals surface area contributed by atoms with E-state index >= 15 is 0 Å². The van der Waals surface area contributed by atoms with Crippen LogP contribution in [0.25, 0.3) is 0 Å². The summed E-state index contributed by atoms with van der Waals surface area (Å²) in [5.74, 6) is 0.930. The fraction of sp³-hybridized carbons (Fsp3) is 0.652. The van der Waals surface area contributed by atoms with Crippen molar-refractivity contribution in [3.8, 4) is 0 Å². The van der Waals surface area contributed by atoms with Gasteiger partial charge >= 0.3 is 6.09 Å². The predicted octanol–water partition coefficient (Wildman–Crippen LogP) is 4.79. The summed E-state index contributed by atoms with van der Waals surface area (Å²) in [7, 11) is 0. The van der Waals surface area contributed by atoms with E-state index in [9.17, 15) is 9.59 Å². The molecule has 33 heavy (non-hydrogen) atoms. The fourth-order valence-electron chi connectivity index (χ4n) is 4.36. The van der Waals surface area contributed by atoms with E-state index in [1.165, 1.54) is 30.6 Å². The van der Waals surface area contributed by atoms with Crippen LogP contribution in [-0.2, 0) is 4.74 Å². The second-order valence-electron chi connectivity index (χ2n) is 9.91. The van der Waals surface area contributed by atoms with E-state index < -0.39 is 5.60 Å². The molecule has 2 aromatic heterocycles. The Morgan fingerprint density at radius 3 is 2.58 bits per heavy atom. The molecular formula is C23H34N6O3S. The smallest absolute Gasteiger partial charge is 0.410 e. The van der Waals surface area contributed by atoms with Crippen LogP contribution < -0.4 is 10.6 Å². The highest BCUT2D eigenvalue weighted by molar-refractivity contribution is 7.17. The molecule has 2 aromatic rings. The van der Waals surface area contributed by atoms with Gasteiger partial charge in [-0.1, -0.05) is 30.6 Å². The van der Waals surface area contributed by atoms with E-state index in [1.54, 1.807) is 11.1 Å². The van der Waals surface area contributed by atoms with E-state index in [-0.39, 0.29) is 18.0 Å². The molecule has 0 radical (unpaired) electrons. The van der Waals surface area contributed by atoms with Gasteiger partial charge in [-0.15, -0.1) is 0 Å². The molecule has 4 rings (SSSR count). The Morgan fingerprint density at radius 2 is 1.88 bits per heavy atom. The van der Waals surface area contributed by atoms with Crippen molar-refractivity contribution < 1.29 is 14.3 Å². The van der Waals surface area contributed by atoms with Gasteiger partial charge in [-0.05, 0) is 46.5 Å². The molecule has 0 spiro atoms. The summed E-state index contributed by atoms with van der Waals surface area (Å²) in [6.45, 7) is 6.96. The number of H-pyrrole nitrogens is 1. The van der Waals surface area contributed by atoms with Crippen molar-refractivity contribution in [1.29, 1.82) is 0 Å². The molecule has 1 aliphatic carbocycles. The molecule has 0 bridgehead atoms. The highest BCUT2D eigenvalue weighted by Crippen LogP contribution is 2.30. The number of aromatic amines is 1. The normalized spacial score (nSPS) is 18.2. The van der Waals surface area contributed by atoms with Crippen molar-refractivity contribution in [2.75, 3.05) is 18.4 Å². The molecule has 1 saturated heterocycles. The van der Waals surface area contributed by atoms with E-state index in [4.69, 9.17) is 4.74 Å². The highest BCUT2D eigenvalue weighted by atomic mass is 32.1. The number of amides is 2. The topological polar surface area (TPSA) is 112 Å². The van der Waals surface area contributed by atoms with Crippen LogP contribution in [0.4, 0.5) is 15.7 Å². The lowest BCUT2D eigenvalue weighted by Gasteiger charge is -2.33. The number of hydrogen-bond donors (Lipinski definition) is 3. The zero-order valence-corrected chi connectivity index (χ0v) is 20.5. The number of carbonyl (C=O) groups excluding carboxylic acids is 2. The van der Waals surface area contributed by atoms with E-state index in [0.29, 0.717) is 34.8 Å². The first-order chi connectivity index (χ1) is 15.8. The standard InChI is InChI=1S/C23H34N6O3S/c1-23(2,3)32-22(31)29-11-9-15(10-12-29)17-13-19(28-27-17)26-21-24-14-18(33-21)20(30)25-16-7-5-4-6-8-16/h13-16H,4-12H2,1-3H3,(H,25,30)(H2,24,26,27,28). The predicted molar refractivity (Wildman–Crippen MR) is 128 cm³/mol. The number of nitrogens with zero attached hydrogens (tertiary/aromatic N) is 3. The molecule has 0 unspecified atom stereocenters. The molecule has 10 heteroatoms. The molecule has 2 fully saturated rings. The average molecular weight is 475 g/mol. The second kappa shape index (κ2) is 10.1. The van der Waals surface area contributed by atoms with Gasteiger partial charge in [-0.3, -0.25) is 9.89 Å². The summed E-state index contributed by atoms with van der Waals surface area (Å²) in [5, 5.41) is 14.4. The Hall–Kier alpha value is -2.62. The minimum atomic E-state index is -0.482. The van der Waals surface area contributed by atoms with Crippen LogP contribution in [0.2, 0.25) is 0 Å². The molecule has 0 atom stereocenters. The highest BCUT2D eigenvalue weighted by Gasteiger charge is 2.28. The third-order valence-corrected chi connectivity index (χ3v) is 7.00. The number of likely N-dealkylation sites (tertiary alicyclic amines) is 1. The summed E-state index contributed by atoms with van der Waals surface area (Å²) < 4.78 is 5.47. The first-order valence-corrected chi connectivity index (χ1v) is 12.7. The largest absolute Gasteiger partial charge is 0.444 e. The van der Waals surface area contributed by atoms with E-state index in [0.717, 1.165) is 31.4 Å².